The summed E-state index contributed by atoms with van der Waals surface area (Å²) >= 11 is 0. The van der Waals surface area contributed by atoms with E-state index in [1.807, 2.05) is 42.5 Å². The maximum atomic E-state index is 6.13. The molecule has 0 saturated carbocycles. The Labute approximate surface area is 118 Å². The van der Waals surface area contributed by atoms with E-state index < -0.39 is 0 Å². The minimum Gasteiger partial charge on any atom is -0.396 e. The van der Waals surface area contributed by atoms with Gasteiger partial charge in [0.05, 0.1) is 22.6 Å². The van der Waals surface area contributed by atoms with Crippen molar-refractivity contribution in [2.45, 2.75) is 12.8 Å². The van der Waals surface area contributed by atoms with Gasteiger partial charge in [0.2, 0.25) is 0 Å². The second-order valence-electron chi connectivity index (χ2n) is 4.89. The van der Waals surface area contributed by atoms with Crippen LogP contribution in [0.2, 0.25) is 0 Å². The number of nitrogens with two attached hydrogens (primary N) is 2. The zero-order valence-electron chi connectivity index (χ0n) is 11.2. The predicted molar refractivity (Wildman–Crippen MR) is 84.4 cm³/mol. The van der Waals surface area contributed by atoms with E-state index in [0.717, 1.165) is 29.4 Å². The molecular formula is C17H17N3. The third kappa shape index (κ3) is 2.30. The molecular weight excluding hydrogens is 246 g/mol. The van der Waals surface area contributed by atoms with E-state index in [4.69, 9.17) is 11.5 Å². The number of para-hydroxylation sites is 1. The van der Waals surface area contributed by atoms with Crippen LogP contribution in [-0.2, 0) is 12.8 Å². The highest BCUT2D eigenvalue weighted by Gasteiger charge is 2.09. The minimum atomic E-state index is 0.611. The average Bonchev–Trinajstić information content (AvgIpc) is 2.50. The van der Waals surface area contributed by atoms with Gasteiger partial charge < -0.3 is 11.5 Å². The highest BCUT2D eigenvalue weighted by atomic mass is 14.8. The maximum Gasteiger partial charge on any atom is 0.0773 e. The van der Waals surface area contributed by atoms with E-state index in [-0.39, 0.29) is 0 Å². The molecule has 0 aliphatic heterocycles. The molecule has 0 aliphatic carbocycles. The lowest BCUT2D eigenvalue weighted by molar-refractivity contribution is 0.926. The molecule has 0 unspecified atom stereocenters. The summed E-state index contributed by atoms with van der Waals surface area (Å²) in [5.41, 5.74) is 16.6. The van der Waals surface area contributed by atoms with Gasteiger partial charge in [-0.1, -0.05) is 48.5 Å². The molecule has 0 spiro atoms. The first-order valence-electron chi connectivity index (χ1n) is 6.72. The molecule has 2 aromatic carbocycles. The summed E-state index contributed by atoms with van der Waals surface area (Å²) in [5.74, 6) is 0. The Kier molecular flexibility index (Phi) is 3.25. The molecule has 0 bridgehead atoms. The summed E-state index contributed by atoms with van der Waals surface area (Å²) in [6.07, 6.45) is 1.71. The van der Waals surface area contributed by atoms with Crippen molar-refractivity contribution in [3.05, 3.63) is 65.9 Å². The molecule has 0 saturated heterocycles. The zero-order valence-corrected chi connectivity index (χ0v) is 11.2. The monoisotopic (exact) mass is 263 g/mol. The standard InChI is InChI=1S/C17H17N3/c18-16-13-8-4-5-9-14(13)20-15(17(16)19)11-10-12-6-2-1-3-7-12/h1-9H,10-11,19H2,(H2,18,20). The van der Waals surface area contributed by atoms with Crippen LogP contribution in [0.1, 0.15) is 11.3 Å². The van der Waals surface area contributed by atoms with E-state index in [0.29, 0.717) is 11.4 Å². The summed E-state index contributed by atoms with van der Waals surface area (Å²) < 4.78 is 0. The fraction of sp³-hybridized carbons (Fsp3) is 0.118. The average molecular weight is 263 g/mol. The van der Waals surface area contributed by atoms with Gasteiger partial charge in [-0.3, -0.25) is 4.98 Å². The number of aromatic nitrogens is 1. The number of benzene rings is 2. The van der Waals surface area contributed by atoms with Crippen molar-refractivity contribution < 1.29 is 0 Å². The van der Waals surface area contributed by atoms with Crippen LogP contribution in [-0.4, -0.2) is 4.98 Å². The molecule has 3 nitrogen and oxygen atoms in total. The highest BCUT2D eigenvalue weighted by molar-refractivity contribution is 5.96. The van der Waals surface area contributed by atoms with E-state index in [9.17, 15) is 0 Å². The SMILES string of the molecule is Nc1c(CCc2ccccc2)nc2ccccc2c1N. The van der Waals surface area contributed by atoms with Crippen molar-refractivity contribution in [2.75, 3.05) is 11.5 Å². The molecule has 0 atom stereocenters. The summed E-state index contributed by atoms with van der Waals surface area (Å²) in [6.45, 7) is 0. The van der Waals surface area contributed by atoms with Gasteiger partial charge in [0.1, 0.15) is 0 Å². The molecule has 100 valence electrons. The Hall–Kier alpha value is -2.55. The summed E-state index contributed by atoms with van der Waals surface area (Å²) in [7, 11) is 0. The number of nitrogens with zero attached hydrogens (tertiary/aromatic N) is 1. The lowest BCUT2D eigenvalue weighted by Gasteiger charge is -2.11. The van der Waals surface area contributed by atoms with Crippen LogP contribution in [0.4, 0.5) is 11.4 Å². The molecule has 3 heteroatoms. The van der Waals surface area contributed by atoms with E-state index >= 15 is 0 Å². The smallest absolute Gasteiger partial charge is 0.0773 e. The largest absolute Gasteiger partial charge is 0.396 e. The number of rotatable bonds is 3. The van der Waals surface area contributed by atoms with Crippen molar-refractivity contribution in [2.24, 2.45) is 0 Å². The van der Waals surface area contributed by atoms with E-state index in [1.165, 1.54) is 5.56 Å². The van der Waals surface area contributed by atoms with Crippen LogP contribution in [0.25, 0.3) is 10.9 Å². The number of aryl methyl sites for hydroxylation is 2. The summed E-state index contributed by atoms with van der Waals surface area (Å²) in [5, 5.41) is 0.925. The summed E-state index contributed by atoms with van der Waals surface area (Å²) in [4.78, 5) is 4.65. The van der Waals surface area contributed by atoms with Crippen LogP contribution in [0.5, 0.6) is 0 Å². The molecule has 1 aromatic heterocycles. The Morgan fingerprint density at radius 1 is 0.750 bits per heavy atom. The quantitative estimate of drug-likeness (QED) is 0.762. The first-order chi connectivity index (χ1) is 9.75. The molecule has 0 radical (unpaired) electrons. The number of fused-ring (bicyclic) bond motifs is 1. The number of hydrogen-bond donors (Lipinski definition) is 2. The molecule has 0 fully saturated rings. The molecule has 0 amide bonds. The predicted octanol–water partition coefficient (Wildman–Crippen LogP) is 3.18. The van der Waals surface area contributed by atoms with Gasteiger partial charge in [0, 0.05) is 5.39 Å². The summed E-state index contributed by atoms with van der Waals surface area (Å²) in [6, 6.07) is 18.2. The van der Waals surface area contributed by atoms with Crippen LogP contribution in [0.15, 0.2) is 54.6 Å². The van der Waals surface area contributed by atoms with Gasteiger partial charge in [-0.25, -0.2) is 0 Å². The fourth-order valence-corrected chi connectivity index (χ4v) is 2.40. The Bertz CT molecular complexity index is 736. The first-order valence-corrected chi connectivity index (χ1v) is 6.72. The van der Waals surface area contributed by atoms with Gasteiger partial charge in [-0.05, 0) is 24.5 Å². The van der Waals surface area contributed by atoms with Crippen LogP contribution < -0.4 is 11.5 Å². The number of anilines is 2. The molecule has 4 N–H and O–H groups in total. The maximum absolute atomic E-state index is 6.13. The molecule has 3 aromatic rings. The van der Waals surface area contributed by atoms with Gasteiger partial charge in [0.25, 0.3) is 0 Å². The van der Waals surface area contributed by atoms with Gasteiger partial charge >= 0.3 is 0 Å². The number of pyridine rings is 1. The van der Waals surface area contributed by atoms with E-state index in [2.05, 4.69) is 17.1 Å². The number of hydrogen-bond acceptors (Lipinski definition) is 3. The van der Waals surface area contributed by atoms with Crippen LogP contribution in [0, 0.1) is 0 Å². The van der Waals surface area contributed by atoms with Crippen molar-refractivity contribution in [1.29, 1.82) is 0 Å². The van der Waals surface area contributed by atoms with Crippen LogP contribution in [0.3, 0.4) is 0 Å². The minimum absolute atomic E-state index is 0.611. The third-order valence-electron chi connectivity index (χ3n) is 3.54. The molecule has 3 rings (SSSR count). The van der Waals surface area contributed by atoms with Gasteiger partial charge in [-0.15, -0.1) is 0 Å². The zero-order chi connectivity index (χ0) is 13.9. The number of nitrogen functional groups attached to an aromatic ring is 2. The normalized spacial score (nSPS) is 10.8. The van der Waals surface area contributed by atoms with E-state index in [1.54, 1.807) is 0 Å². The second-order valence-corrected chi connectivity index (χ2v) is 4.89. The van der Waals surface area contributed by atoms with Crippen LogP contribution >= 0.6 is 0 Å². The molecule has 1 heterocycles. The molecule has 0 aliphatic rings. The lowest BCUT2D eigenvalue weighted by atomic mass is 10.0. The van der Waals surface area contributed by atoms with Gasteiger partial charge in [-0.2, -0.15) is 0 Å². The highest BCUT2D eigenvalue weighted by Crippen LogP contribution is 2.28. The van der Waals surface area contributed by atoms with Crippen molar-refractivity contribution in [3.8, 4) is 0 Å². The van der Waals surface area contributed by atoms with Gasteiger partial charge in [0.15, 0.2) is 0 Å². The second kappa shape index (κ2) is 5.21. The third-order valence-corrected chi connectivity index (χ3v) is 3.54. The lowest BCUT2D eigenvalue weighted by Crippen LogP contribution is -2.05. The van der Waals surface area contributed by atoms with Crippen molar-refractivity contribution >= 4 is 22.3 Å². The molecule has 20 heavy (non-hydrogen) atoms. The van der Waals surface area contributed by atoms with Crippen molar-refractivity contribution in [1.82, 2.24) is 4.98 Å². The Morgan fingerprint density at radius 2 is 1.45 bits per heavy atom. The first kappa shape index (κ1) is 12.5. The Balaban J connectivity index is 1.94. The topological polar surface area (TPSA) is 64.9 Å². The van der Waals surface area contributed by atoms with Crippen molar-refractivity contribution in [3.63, 3.8) is 0 Å². The Morgan fingerprint density at radius 3 is 2.25 bits per heavy atom. The fourth-order valence-electron chi connectivity index (χ4n) is 2.40.